The molecular formula is C24H23F3N2O2. The zero-order valence-electron chi connectivity index (χ0n) is 16.9. The average molecular weight is 428 g/mol. The molecule has 0 aliphatic heterocycles. The fraction of sp³-hybridized carbons (Fsp3) is 0.333. The highest BCUT2D eigenvalue weighted by molar-refractivity contribution is 6.07. The van der Waals surface area contributed by atoms with E-state index in [9.17, 15) is 22.8 Å². The number of nitrogens with zero attached hydrogens (tertiary/aromatic N) is 1. The Bertz CT molecular complexity index is 1150. The van der Waals surface area contributed by atoms with Crippen molar-refractivity contribution in [2.24, 2.45) is 5.92 Å². The number of halogens is 3. The number of anilines is 1. The molecule has 0 radical (unpaired) electrons. The lowest BCUT2D eigenvalue weighted by Gasteiger charge is -2.30. The number of hydrogen-bond acceptors (Lipinski definition) is 2. The number of aromatic amines is 1. The van der Waals surface area contributed by atoms with E-state index in [1.165, 1.54) is 23.1 Å². The minimum atomic E-state index is -4.52. The highest BCUT2D eigenvalue weighted by Gasteiger charge is 2.32. The predicted molar refractivity (Wildman–Crippen MR) is 114 cm³/mol. The molecule has 0 saturated heterocycles. The number of rotatable bonds is 4. The summed E-state index contributed by atoms with van der Waals surface area (Å²) in [6, 6.07) is 13.3. The van der Waals surface area contributed by atoms with Crippen LogP contribution >= 0.6 is 0 Å². The molecule has 1 fully saturated rings. The van der Waals surface area contributed by atoms with Crippen molar-refractivity contribution in [1.29, 1.82) is 0 Å². The van der Waals surface area contributed by atoms with Gasteiger partial charge < -0.3 is 9.88 Å². The number of benzene rings is 2. The van der Waals surface area contributed by atoms with Crippen molar-refractivity contribution in [3.63, 3.8) is 0 Å². The van der Waals surface area contributed by atoms with E-state index >= 15 is 0 Å². The number of nitrogens with one attached hydrogen (secondary N) is 1. The molecular weight excluding hydrogens is 405 g/mol. The molecule has 7 heteroatoms. The number of H-pyrrole nitrogens is 1. The monoisotopic (exact) mass is 428 g/mol. The smallest absolute Gasteiger partial charge is 0.321 e. The predicted octanol–water partition coefficient (Wildman–Crippen LogP) is 5.77. The summed E-state index contributed by atoms with van der Waals surface area (Å²) in [6.07, 6.45) is 0.500. The standard InChI is InChI=1S/C24H23F3N2O2/c25-24(26,27)18-10-6-11-19(14-18)29(15-16-7-2-1-3-8-16)23(31)20-13-17-9-4-5-12-21(17)28-22(20)30/h4-6,9-14,16H,1-3,7-8,15H2,(H,28,30). The summed E-state index contributed by atoms with van der Waals surface area (Å²) in [6.45, 7) is 0.284. The number of aromatic nitrogens is 1. The van der Waals surface area contributed by atoms with Crippen LogP contribution in [0.2, 0.25) is 0 Å². The van der Waals surface area contributed by atoms with Gasteiger partial charge in [0, 0.05) is 17.7 Å². The topological polar surface area (TPSA) is 53.2 Å². The van der Waals surface area contributed by atoms with Gasteiger partial charge in [-0.2, -0.15) is 13.2 Å². The van der Waals surface area contributed by atoms with E-state index in [1.807, 2.05) is 0 Å². The Balaban J connectivity index is 1.76. The minimum Gasteiger partial charge on any atom is -0.321 e. The van der Waals surface area contributed by atoms with Gasteiger partial charge in [-0.05, 0) is 54.5 Å². The fourth-order valence-corrected chi connectivity index (χ4v) is 4.24. The van der Waals surface area contributed by atoms with E-state index < -0.39 is 23.2 Å². The number of pyridine rings is 1. The van der Waals surface area contributed by atoms with E-state index in [2.05, 4.69) is 4.98 Å². The molecule has 1 saturated carbocycles. The Labute approximate surface area is 177 Å². The Kier molecular flexibility index (Phi) is 5.85. The van der Waals surface area contributed by atoms with Crippen LogP contribution in [0.25, 0.3) is 10.9 Å². The summed E-state index contributed by atoms with van der Waals surface area (Å²) in [5, 5.41) is 0.687. The first-order valence-corrected chi connectivity index (χ1v) is 10.4. The molecule has 0 unspecified atom stereocenters. The second-order valence-corrected chi connectivity index (χ2v) is 8.07. The molecule has 1 heterocycles. The van der Waals surface area contributed by atoms with Crippen LogP contribution in [0.3, 0.4) is 0 Å². The second kappa shape index (κ2) is 8.57. The molecule has 162 valence electrons. The van der Waals surface area contributed by atoms with Gasteiger partial charge >= 0.3 is 6.18 Å². The van der Waals surface area contributed by atoms with Crippen molar-refractivity contribution in [3.8, 4) is 0 Å². The zero-order chi connectivity index (χ0) is 22.0. The van der Waals surface area contributed by atoms with E-state index in [-0.39, 0.29) is 23.7 Å². The third-order valence-electron chi connectivity index (χ3n) is 5.88. The van der Waals surface area contributed by atoms with Gasteiger partial charge in [-0.3, -0.25) is 9.59 Å². The van der Waals surface area contributed by atoms with Gasteiger partial charge in [0.1, 0.15) is 5.56 Å². The normalized spacial score (nSPS) is 15.2. The number of alkyl halides is 3. The SMILES string of the molecule is O=C(c1cc2ccccc2[nH]c1=O)N(CC1CCCCC1)c1cccc(C(F)(F)F)c1. The number of carbonyl (C=O) groups is 1. The summed E-state index contributed by atoms with van der Waals surface area (Å²) >= 11 is 0. The Morgan fingerprint density at radius 1 is 1.00 bits per heavy atom. The van der Waals surface area contributed by atoms with Crippen LogP contribution in [0.1, 0.15) is 48.0 Å². The lowest BCUT2D eigenvalue weighted by atomic mass is 9.88. The van der Waals surface area contributed by atoms with Crippen LogP contribution in [-0.4, -0.2) is 17.4 Å². The first kappa shape index (κ1) is 21.2. The van der Waals surface area contributed by atoms with E-state index in [0.29, 0.717) is 10.9 Å². The molecule has 4 nitrogen and oxygen atoms in total. The maximum Gasteiger partial charge on any atom is 0.416 e. The van der Waals surface area contributed by atoms with Crippen LogP contribution in [0, 0.1) is 5.92 Å². The van der Waals surface area contributed by atoms with Crippen molar-refractivity contribution in [2.75, 3.05) is 11.4 Å². The summed E-state index contributed by atoms with van der Waals surface area (Å²) in [4.78, 5) is 30.2. The summed E-state index contributed by atoms with van der Waals surface area (Å²) in [7, 11) is 0. The first-order valence-electron chi connectivity index (χ1n) is 10.4. The van der Waals surface area contributed by atoms with E-state index in [1.54, 1.807) is 24.3 Å². The molecule has 1 N–H and O–H groups in total. The Hall–Kier alpha value is -3.09. The van der Waals surface area contributed by atoms with Crippen molar-refractivity contribution in [1.82, 2.24) is 4.98 Å². The molecule has 0 atom stereocenters. The van der Waals surface area contributed by atoms with Gasteiger partial charge in [-0.25, -0.2) is 0 Å². The van der Waals surface area contributed by atoms with Crippen LogP contribution in [0.15, 0.2) is 59.4 Å². The van der Waals surface area contributed by atoms with Crippen molar-refractivity contribution >= 4 is 22.5 Å². The van der Waals surface area contributed by atoms with Crippen LogP contribution in [0.5, 0.6) is 0 Å². The summed E-state index contributed by atoms with van der Waals surface area (Å²) in [5.74, 6) is -0.399. The fourth-order valence-electron chi connectivity index (χ4n) is 4.24. The third kappa shape index (κ3) is 4.65. The molecule has 1 aliphatic carbocycles. The highest BCUT2D eigenvalue weighted by atomic mass is 19.4. The molecule has 31 heavy (non-hydrogen) atoms. The molecule has 2 aromatic carbocycles. The van der Waals surface area contributed by atoms with Gasteiger partial charge in [-0.15, -0.1) is 0 Å². The third-order valence-corrected chi connectivity index (χ3v) is 5.88. The van der Waals surface area contributed by atoms with Gasteiger partial charge in [0.15, 0.2) is 0 Å². The van der Waals surface area contributed by atoms with Gasteiger partial charge in [0.2, 0.25) is 0 Å². The van der Waals surface area contributed by atoms with E-state index in [4.69, 9.17) is 0 Å². The van der Waals surface area contributed by atoms with E-state index in [0.717, 1.165) is 44.2 Å². The molecule has 4 rings (SSSR count). The molecule has 1 aliphatic rings. The van der Waals surface area contributed by atoms with Crippen LogP contribution in [0.4, 0.5) is 18.9 Å². The number of carbonyl (C=O) groups excluding carboxylic acids is 1. The second-order valence-electron chi connectivity index (χ2n) is 8.07. The maximum absolute atomic E-state index is 13.5. The maximum atomic E-state index is 13.5. The van der Waals surface area contributed by atoms with Crippen LogP contribution < -0.4 is 10.5 Å². The van der Waals surface area contributed by atoms with Crippen molar-refractivity contribution in [3.05, 3.63) is 76.1 Å². The molecule has 1 amide bonds. The molecule has 0 spiro atoms. The molecule has 0 bridgehead atoms. The summed E-state index contributed by atoms with van der Waals surface area (Å²) < 4.78 is 39.9. The lowest BCUT2D eigenvalue weighted by molar-refractivity contribution is -0.137. The zero-order valence-corrected chi connectivity index (χ0v) is 16.9. The van der Waals surface area contributed by atoms with Gasteiger partial charge in [0.05, 0.1) is 5.56 Å². The number of hydrogen-bond donors (Lipinski definition) is 1. The van der Waals surface area contributed by atoms with Crippen molar-refractivity contribution in [2.45, 2.75) is 38.3 Å². The van der Waals surface area contributed by atoms with Crippen molar-refractivity contribution < 1.29 is 18.0 Å². The number of amides is 1. The number of fused-ring (bicyclic) bond motifs is 1. The number of para-hydroxylation sites is 1. The quantitative estimate of drug-likeness (QED) is 0.573. The average Bonchev–Trinajstić information content (AvgIpc) is 2.77. The molecule has 3 aromatic rings. The Morgan fingerprint density at radius 3 is 2.48 bits per heavy atom. The van der Waals surface area contributed by atoms with Gasteiger partial charge in [-0.1, -0.05) is 43.5 Å². The summed E-state index contributed by atoms with van der Waals surface area (Å²) in [5.41, 5.74) is -0.699. The first-order chi connectivity index (χ1) is 14.8. The lowest BCUT2D eigenvalue weighted by Crippen LogP contribution is -2.39. The molecule has 1 aromatic heterocycles. The van der Waals surface area contributed by atoms with Gasteiger partial charge in [0.25, 0.3) is 11.5 Å². The minimum absolute atomic E-state index is 0.0769. The Morgan fingerprint density at radius 2 is 1.74 bits per heavy atom. The largest absolute Gasteiger partial charge is 0.416 e. The highest BCUT2D eigenvalue weighted by Crippen LogP contribution is 2.33. The van der Waals surface area contributed by atoms with Crippen LogP contribution in [-0.2, 0) is 6.18 Å².